The third-order valence-electron chi connectivity index (χ3n) is 1.78. The molecule has 0 aromatic heterocycles. The van der Waals surface area contributed by atoms with Crippen LogP contribution in [0.15, 0.2) is 24.3 Å². The molecule has 1 rings (SSSR count). The van der Waals surface area contributed by atoms with Gasteiger partial charge in [-0.05, 0) is 18.1 Å². The van der Waals surface area contributed by atoms with E-state index in [0.29, 0.717) is 5.88 Å². The number of halogens is 2. The highest BCUT2D eigenvalue weighted by Crippen LogP contribution is 2.23. The summed E-state index contributed by atoms with van der Waals surface area (Å²) in [6.07, 6.45) is 0. The predicted molar refractivity (Wildman–Crippen MR) is 58.3 cm³/mol. The Hall–Kier alpha value is -0.340. The first-order chi connectivity index (χ1) is 6.15. The Kier molecular flexibility index (Phi) is 3.94. The molecule has 0 saturated heterocycles. The summed E-state index contributed by atoms with van der Waals surface area (Å²) in [7, 11) is 0. The number of hydrogen-bond donors (Lipinski definition) is 0. The van der Waals surface area contributed by atoms with Crippen LogP contribution in [0, 0.1) is 0 Å². The zero-order valence-corrected chi connectivity index (χ0v) is 9.60. The van der Waals surface area contributed by atoms with Crippen molar-refractivity contribution >= 4 is 33.3 Å². The Labute approximate surface area is 91.2 Å². The van der Waals surface area contributed by atoms with E-state index in [1.165, 1.54) is 0 Å². The van der Waals surface area contributed by atoms with Gasteiger partial charge in [-0.2, -0.15) is 0 Å². The third kappa shape index (κ3) is 2.82. The summed E-state index contributed by atoms with van der Waals surface area (Å²) in [5.41, 5.74) is 2.04. The Morgan fingerprint density at radius 2 is 2.00 bits per heavy atom. The lowest BCUT2D eigenvalue weighted by atomic mass is 10.1. The largest absolute Gasteiger partial charge is 0.298 e. The van der Waals surface area contributed by atoms with E-state index in [1.54, 1.807) is 6.92 Å². The second kappa shape index (κ2) is 4.77. The first-order valence-electron chi connectivity index (χ1n) is 3.94. The lowest BCUT2D eigenvalue weighted by molar-refractivity contribution is -0.116. The molecule has 1 nitrogen and oxygen atoms in total. The molecule has 0 heterocycles. The van der Waals surface area contributed by atoms with Crippen LogP contribution in [0.2, 0.25) is 0 Å². The van der Waals surface area contributed by atoms with Gasteiger partial charge in [0, 0.05) is 5.88 Å². The number of carbonyl (C=O) groups is 1. The molecular formula is C10H10BrClO. The van der Waals surface area contributed by atoms with Crippen molar-refractivity contribution < 1.29 is 4.79 Å². The second-order valence-corrected chi connectivity index (χ2v) is 4.03. The van der Waals surface area contributed by atoms with E-state index in [-0.39, 0.29) is 10.6 Å². The zero-order chi connectivity index (χ0) is 9.84. The van der Waals surface area contributed by atoms with Crippen molar-refractivity contribution in [3.05, 3.63) is 35.4 Å². The first-order valence-corrected chi connectivity index (χ1v) is 5.39. The minimum absolute atomic E-state index is 0.110. The standard InChI is InChI=1S/C10H10BrClO/c1-7(13)10(11)9-4-2-8(6-12)3-5-9/h2-5,10H,6H2,1H3. The average Bonchev–Trinajstić information content (AvgIpc) is 2.17. The third-order valence-corrected chi connectivity index (χ3v) is 3.27. The first kappa shape index (κ1) is 10.7. The lowest BCUT2D eigenvalue weighted by Gasteiger charge is -2.06. The van der Waals surface area contributed by atoms with E-state index in [4.69, 9.17) is 11.6 Å². The molecule has 0 N–H and O–H groups in total. The molecule has 3 heteroatoms. The molecule has 0 amide bonds. The molecule has 0 fully saturated rings. The molecule has 1 atom stereocenters. The fraction of sp³-hybridized carbons (Fsp3) is 0.300. The molecule has 0 aliphatic carbocycles. The lowest BCUT2D eigenvalue weighted by Crippen LogP contribution is -2.00. The molecule has 1 aromatic carbocycles. The molecule has 0 bridgehead atoms. The highest BCUT2D eigenvalue weighted by molar-refractivity contribution is 9.09. The van der Waals surface area contributed by atoms with E-state index in [0.717, 1.165) is 11.1 Å². The van der Waals surface area contributed by atoms with Gasteiger partial charge >= 0.3 is 0 Å². The van der Waals surface area contributed by atoms with Crippen molar-refractivity contribution in [1.82, 2.24) is 0 Å². The number of Topliss-reactive ketones (excluding diaryl/α,β-unsaturated/α-hetero) is 1. The van der Waals surface area contributed by atoms with Crippen LogP contribution in [0.25, 0.3) is 0 Å². The zero-order valence-electron chi connectivity index (χ0n) is 7.26. The van der Waals surface area contributed by atoms with Crippen molar-refractivity contribution in [3.8, 4) is 0 Å². The number of benzene rings is 1. The van der Waals surface area contributed by atoms with Gasteiger partial charge in [0.25, 0.3) is 0 Å². The van der Waals surface area contributed by atoms with Crippen molar-refractivity contribution in [2.75, 3.05) is 0 Å². The number of ketones is 1. The van der Waals surface area contributed by atoms with Crippen LogP contribution in [-0.2, 0) is 10.7 Å². The van der Waals surface area contributed by atoms with Gasteiger partial charge in [0.1, 0.15) is 5.78 Å². The summed E-state index contributed by atoms with van der Waals surface area (Å²) in [6.45, 7) is 1.56. The highest BCUT2D eigenvalue weighted by atomic mass is 79.9. The summed E-state index contributed by atoms with van der Waals surface area (Å²) < 4.78 is 0. The Morgan fingerprint density at radius 1 is 1.46 bits per heavy atom. The maximum Gasteiger partial charge on any atom is 0.147 e. The Bertz CT molecular complexity index is 294. The molecule has 70 valence electrons. The number of hydrogen-bond acceptors (Lipinski definition) is 1. The fourth-order valence-electron chi connectivity index (χ4n) is 1.01. The molecular weight excluding hydrogens is 251 g/mol. The maximum atomic E-state index is 11.0. The van der Waals surface area contributed by atoms with Crippen LogP contribution in [0.5, 0.6) is 0 Å². The summed E-state index contributed by atoms with van der Waals surface area (Å²) in [5.74, 6) is 0.617. The average molecular weight is 262 g/mol. The van der Waals surface area contributed by atoms with Crippen LogP contribution in [0.3, 0.4) is 0 Å². The van der Waals surface area contributed by atoms with Crippen LogP contribution in [-0.4, -0.2) is 5.78 Å². The highest BCUT2D eigenvalue weighted by Gasteiger charge is 2.11. The van der Waals surface area contributed by atoms with E-state index in [1.807, 2.05) is 24.3 Å². The van der Waals surface area contributed by atoms with Crippen molar-refractivity contribution in [1.29, 1.82) is 0 Å². The fourth-order valence-corrected chi connectivity index (χ4v) is 1.49. The van der Waals surface area contributed by atoms with Gasteiger partial charge in [-0.3, -0.25) is 4.79 Å². The maximum absolute atomic E-state index is 11.0. The molecule has 1 unspecified atom stereocenters. The van der Waals surface area contributed by atoms with Crippen LogP contribution in [0.4, 0.5) is 0 Å². The summed E-state index contributed by atoms with van der Waals surface area (Å²) in [5, 5.41) is 0. The number of rotatable bonds is 3. The molecule has 0 saturated carbocycles. The van der Waals surface area contributed by atoms with Gasteiger partial charge in [0.15, 0.2) is 0 Å². The van der Waals surface area contributed by atoms with Crippen LogP contribution < -0.4 is 0 Å². The van der Waals surface area contributed by atoms with Gasteiger partial charge in [0.05, 0.1) is 4.83 Å². The molecule has 0 aliphatic heterocycles. The van der Waals surface area contributed by atoms with E-state index in [2.05, 4.69) is 15.9 Å². The van der Waals surface area contributed by atoms with E-state index in [9.17, 15) is 4.79 Å². The van der Waals surface area contributed by atoms with Crippen molar-refractivity contribution in [2.24, 2.45) is 0 Å². The minimum Gasteiger partial charge on any atom is -0.298 e. The van der Waals surface area contributed by atoms with Gasteiger partial charge in [-0.25, -0.2) is 0 Å². The number of carbonyl (C=O) groups excluding carboxylic acids is 1. The summed E-state index contributed by atoms with van der Waals surface area (Å²) in [6, 6.07) is 7.69. The Balaban J connectivity index is 2.85. The normalized spacial score (nSPS) is 12.5. The van der Waals surface area contributed by atoms with Crippen molar-refractivity contribution in [3.63, 3.8) is 0 Å². The van der Waals surface area contributed by atoms with Gasteiger partial charge in [-0.1, -0.05) is 40.2 Å². The second-order valence-electron chi connectivity index (χ2n) is 2.85. The molecule has 13 heavy (non-hydrogen) atoms. The van der Waals surface area contributed by atoms with Gasteiger partial charge in [-0.15, -0.1) is 11.6 Å². The van der Waals surface area contributed by atoms with E-state index < -0.39 is 0 Å². The summed E-state index contributed by atoms with van der Waals surface area (Å²) >= 11 is 8.96. The molecule has 0 spiro atoms. The van der Waals surface area contributed by atoms with E-state index >= 15 is 0 Å². The molecule has 0 radical (unpaired) electrons. The smallest absolute Gasteiger partial charge is 0.147 e. The topological polar surface area (TPSA) is 17.1 Å². The Morgan fingerprint density at radius 3 is 2.38 bits per heavy atom. The van der Waals surface area contributed by atoms with Gasteiger partial charge in [0.2, 0.25) is 0 Å². The molecule has 1 aromatic rings. The van der Waals surface area contributed by atoms with Crippen LogP contribution in [0.1, 0.15) is 22.9 Å². The monoisotopic (exact) mass is 260 g/mol. The van der Waals surface area contributed by atoms with Crippen LogP contribution >= 0.6 is 27.5 Å². The van der Waals surface area contributed by atoms with Gasteiger partial charge < -0.3 is 0 Å². The minimum atomic E-state index is -0.197. The summed E-state index contributed by atoms with van der Waals surface area (Å²) in [4.78, 5) is 10.8. The predicted octanol–water partition coefficient (Wildman–Crippen LogP) is 3.45. The van der Waals surface area contributed by atoms with Crippen molar-refractivity contribution in [2.45, 2.75) is 17.6 Å². The quantitative estimate of drug-likeness (QED) is 0.762. The molecule has 0 aliphatic rings. The number of alkyl halides is 2. The SMILES string of the molecule is CC(=O)C(Br)c1ccc(CCl)cc1.